The number of carbonyl (C=O) groups is 2. The summed E-state index contributed by atoms with van der Waals surface area (Å²) in [5, 5.41) is 12.0. The zero-order valence-corrected chi connectivity index (χ0v) is 11.4. The van der Waals surface area contributed by atoms with Crippen LogP contribution in [0.3, 0.4) is 0 Å². The fraction of sp³-hybridized carbons (Fsp3) is 0.143. The molecule has 7 heteroatoms. The molecule has 0 saturated carbocycles. The van der Waals surface area contributed by atoms with Gasteiger partial charge in [-0.25, -0.2) is 14.6 Å². The van der Waals surface area contributed by atoms with Gasteiger partial charge in [-0.3, -0.25) is 0 Å². The van der Waals surface area contributed by atoms with E-state index < -0.39 is 11.9 Å². The van der Waals surface area contributed by atoms with E-state index in [4.69, 9.17) is 0 Å². The van der Waals surface area contributed by atoms with Crippen molar-refractivity contribution in [2.75, 3.05) is 14.2 Å². The smallest absolute Gasteiger partial charge is 0.344 e. The van der Waals surface area contributed by atoms with Crippen LogP contribution in [-0.2, 0) is 9.47 Å². The van der Waals surface area contributed by atoms with Crippen LogP contribution in [0.1, 0.15) is 20.7 Å². The summed E-state index contributed by atoms with van der Waals surface area (Å²) < 4.78 is 9.64. The van der Waals surface area contributed by atoms with Crippen LogP contribution in [0.2, 0.25) is 0 Å². The molecule has 2 aromatic rings. The van der Waals surface area contributed by atoms with Crippen molar-refractivity contribution in [2.24, 2.45) is 0 Å². The molecule has 108 valence electrons. The molecule has 0 bridgehead atoms. The van der Waals surface area contributed by atoms with E-state index in [-0.39, 0.29) is 16.8 Å². The zero-order valence-electron chi connectivity index (χ0n) is 11.4. The van der Waals surface area contributed by atoms with Gasteiger partial charge < -0.3 is 14.7 Å². The second kappa shape index (κ2) is 6.00. The predicted octanol–water partition coefficient (Wildman–Crippen LogP) is 0.955. The minimum absolute atomic E-state index is 0.0582. The normalized spacial score (nSPS) is 10.0. The molecule has 0 fully saturated rings. The van der Waals surface area contributed by atoms with E-state index >= 15 is 0 Å². The van der Waals surface area contributed by atoms with E-state index in [9.17, 15) is 14.8 Å². The summed E-state index contributed by atoms with van der Waals surface area (Å²) in [5.41, 5.74) is 0.272. The zero-order chi connectivity index (χ0) is 15.4. The highest BCUT2D eigenvalue weighted by atomic mass is 16.5. The molecule has 2 aromatic heterocycles. The van der Waals surface area contributed by atoms with Crippen LogP contribution in [0.5, 0.6) is 0 Å². The van der Waals surface area contributed by atoms with Gasteiger partial charge in [0.15, 0.2) is 6.20 Å². The first kappa shape index (κ1) is 14.4. The molecular weight excluding hydrogens is 276 g/mol. The van der Waals surface area contributed by atoms with Crippen molar-refractivity contribution < 1.29 is 23.8 Å². The van der Waals surface area contributed by atoms with Gasteiger partial charge in [0.1, 0.15) is 11.3 Å². The van der Waals surface area contributed by atoms with E-state index in [2.05, 4.69) is 14.5 Å². The summed E-state index contributed by atoms with van der Waals surface area (Å²) in [7, 11) is 2.34. The van der Waals surface area contributed by atoms with Gasteiger partial charge in [0.25, 0.3) is 0 Å². The third kappa shape index (κ3) is 2.81. The SMILES string of the molecule is COC(=O)c1cc(-c2ccccn2)[n+]([O-])cc1C(=O)OC. The number of rotatable bonds is 3. The Balaban J connectivity index is 2.65. The second-order valence-corrected chi connectivity index (χ2v) is 4.01. The van der Waals surface area contributed by atoms with Crippen LogP contribution < -0.4 is 4.73 Å². The maximum Gasteiger partial charge on any atom is 0.344 e. The molecule has 0 amide bonds. The Bertz CT molecular complexity index is 685. The van der Waals surface area contributed by atoms with E-state index in [1.165, 1.54) is 19.4 Å². The van der Waals surface area contributed by atoms with Crippen LogP contribution in [-0.4, -0.2) is 31.1 Å². The van der Waals surface area contributed by atoms with Gasteiger partial charge in [-0.2, -0.15) is 4.73 Å². The van der Waals surface area contributed by atoms with Crippen LogP contribution >= 0.6 is 0 Å². The Morgan fingerprint density at radius 2 is 1.81 bits per heavy atom. The number of methoxy groups -OCH3 is 2. The topological polar surface area (TPSA) is 92.4 Å². The molecule has 0 saturated heterocycles. The molecule has 2 heterocycles. The number of ether oxygens (including phenoxy) is 2. The number of nitrogens with zero attached hydrogens (tertiary/aromatic N) is 2. The second-order valence-electron chi connectivity index (χ2n) is 4.01. The molecule has 0 unspecified atom stereocenters. The largest absolute Gasteiger partial charge is 0.618 e. The first-order valence-electron chi connectivity index (χ1n) is 5.93. The average molecular weight is 288 g/mol. The molecule has 0 aromatic carbocycles. The van der Waals surface area contributed by atoms with Gasteiger partial charge in [0.2, 0.25) is 5.69 Å². The van der Waals surface area contributed by atoms with Gasteiger partial charge in [-0.15, -0.1) is 0 Å². The lowest BCUT2D eigenvalue weighted by molar-refractivity contribution is -0.594. The van der Waals surface area contributed by atoms with E-state index in [1.54, 1.807) is 18.2 Å². The lowest BCUT2D eigenvalue weighted by Crippen LogP contribution is -2.32. The minimum atomic E-state index is -0.799. The molecule has 2 rings (SSSR count). The molecule has 0 N–H and O–H groups in total. The van der Waals surface area contributed by atoms with Gasteiger partial charge in [-0.05, 0) is 12.1 Å². The fourth-order valence-electron chi connectivity index (χ4n) is 1.79. The highest BCUT2D eigenvalue weighted by molar-refractivity contribution is 6.03. The van der Waals surface area contributed by atoms with Gasteiger partial charge in [0, 0.05) is 12.3 Å². The molecule has 0 radical (unpaired) electrons. The summed E-state index contributed by atoms with van der Waals surface area (Å²) in [6, 6.07) is 6.27. The number of carbonyl (C=O) groups excluding carboxylic acids is 2. The number of aromatic nitrogens is 2. The predicted molar refractivity (Wildman–Crippen MR) is 71.3 cm³/mol. The van der Waals surface area contributed by atoms with Gasteiger partial charge >= 0.3 is 11.9 Å². The summed E-state index contributed by atoms with van der Waals surface area (Å²) >= 11 is 0. The van der Waals surface area contributed by atoms with E-state index in [1.807, 2.05) is 0 Å². The molecule has 21 heavy (non-hydrogen) atoms. The van der Waals surface area contributed by atoms with Crippen LogP contribution in [0.4, 0.5) is 0 Å². The summed E-state index contributed by atoms with van der Waals surface area (Å²) in [6.07, 6.45) is 2.49. The van der Waals surface area contributed by atoms with E-state index in [0.717, 1.165) is 13.3 Å². The third-order valence-corrected chi connectivity index (χ3v) is 2.79. The quantitative estimate of drug-likeness (QED) is 0.474. The van der Waals surface area contributed by atoms with Crippen molar-refractivity contribution in [3.05, 3.63) is 53.0 Å². The molecule has 0 aliphatic heterocycles. The van der Waals surface area contributed by atoms with Crippen molar-refractivity contribution in [3.8, 4) is 11.4 Å². The Labute approximate surface area is 120 Å². The van der Waals surface area contributed by atoms with Crippen LogP contribution in [0.25, 0.3) is 11.4 Å². The number of esters is 2. The average Bonchev–Trinajstić information content (AvgIpc) is 2.53. The van der Waals surface area contributed by atoms with Crippen molar-refractivity contribution in [1.29, 1.82) is 0 Å². The Kier molecular flexibility index (Phi) is 4.13. The summed E-state index contributed by atoms with van der Waals surface area (Å²) in [6.45, 7) is 0. The lowest BCUT2D eigenvalue weighted by Gasteiger charge is -2.09. The minimum Gasteiger partial charge on any atom is -0.618 e. The maximum absolute atomic E-state index is 12.0. The Morgan fingerprint density at radius 1 is 1.14 bits per heavy atom. The molecular formula is C14H12N2O5. The first-order chi connectivity index (χ1) is 10.1. The molecule has 0 aliphatic rings. The molecule has 7 nitrogen and oxygen atoms in total. The first-order valence-corrected chi connectivity index (χ1v) is 5.93. The van der Waals surface area contributed by atoms with Crippen molar-refractivity contribution >= 4 is 11.9 Å². The number of pyridine rings is 2. The summed E-state index contributed by atoms with van der Waals surface area (Å²) in [4.78, 5) is 27.5. The highest BCUT2D eigenvalue weighted by Gasteiger charge is 2.25. The summed E-state index contributed by atoms with van der Waals surface area (Å²) in [5.74, 6) is -1.54. The Morgan fingerprint density at radius 3 is 2.38 bits per heavy atom. The van der Waals surface area contributed by atoms with Crippen LogP contribution in [0, 0.1) is 5.21 Å². The lowest BCUT2D eigenvalue weighted by atomic mass is 10.1. The third-order valence-electron chi connectivity index (χ3n) is 2.79. The fourth-order valence-corrected chi connectivity index (χ4v) is 1.79. The molecule has 0 atom stereocenters. The highest BCUT2D eigenvalue weighted by Crippen LogP contribution is 2.18. The van der Waals surface area contributed by atoms with Gasteiger partial charge in [0.05, 0.1) is 19.8 Å². The molecule has 0 aliphatic carbocycles. The maximum atomic E-state index is 12.0. The van der Waals surface area contributed by atoms with Crippen LogP contribution in [0.15, 0.2) is 36.7 Å². The monoisotopic (exact) mass is 288 g/mol. The van der Waals surface area contributed by atoms with Crippen molar-refractivity contribution in [1.82, 2.24) is 4.98 Å². The van der Waals surface area contributed by atoms with Gasteiger partial charge in [-0.1, -0.05) is 6.07 Å². The van der Waals surface area contributed by atoms with Crippen molar-refractivity contribution in [3.63, 3.8) is 0 Å². The van der Waals surface area contributed by atoms with E-state index in [0.29, 0.717) is 10.4 Å². The standard InChI is InChI=1S/C14H12N2O5/c1-20-13(17)9-7-12(11-5-3-4-6-15-11)16(19)8-10(9)14(18)21-2/h3-8H,1-2H3. The molecule has 0 spiro atoms. The number of hydrogen-bond acceptors (Lipinski definition) is 6. The Hall–Kier alpha value is -2.96. The van der Waals surface area contributed by atoms with Crippen molar-refractivity contribution in [2.45, 2.75) is 0 Å². The number of hydrogen-bond donors (Lipinski definition) is 0.